The topological polar surface area (TPSA) is 103 Å². The van der Waals surface area contributed by atoms with Gasteiger partial charge < -0.3 is 29.5 Å². The molecule has 3 rings (SSSR count). The van der Waals surface area contributed by atoms with Gasteiger partial charge in [0, 0.05) is 51.9 Å². The first kappa shape index (κ1) is 32.4. The van der Waals surface area contributed by atoms with Crippen LogP contribution >= 0.6 is 0 Å². The van der Waals surface area contributed by atoms with Crippen LogP contribution in [0.4, 0.5) is 5.69 Å². The Kier molecular flexibility index (Phi) is 12.0. The van der Waals surface area contributed by atoms with Crippen molar-refractivity contribution in [2.75, 3.05) is 52.3 Å². The SMILES string of the molecule is C[C@@H]1CN([C@H](C)CO)C(=O)c2cc(N(C)C)ccc2O[C@@H](C)CCCCO[C@H]1CN(C)Cc1ccc(C(=O)O)cc1. The molecule has 41 heavy (non-hydrogen) atoms. The first-order chi connectivity index (χ1) is 19.5. The molecule has 226 valence electrons. The lowest BCUT2D eigenvalue weighted by molar-refractivity contribution is -0.0177. The number of nitrogens with zero attached hydrogens (tertiary/aromatic N) is 3. The van der Waals surface area contributed by atoms with Crippen LogP contribution in [0, 0.1) is 5.92 Å². The van der Waals surface area contributed by atoms with Gasteiger partial charge in [0.25, 0.3) is 5.91 Å². The molecule has 0 bridgehead atoms. The van der Waals surface area contributed by atoms with Crippen LogP contribution in [0.2, 0.25) is 0 Å². The highest BCUT2D eigenvalue weighted by molar-refractivity contribution is 5.98. The molecule has 0 aliphatic carbocycles. The summed E-state index contributed by atoms with van der Waals surface area (Å²) in [5, 5.41) is 19.3. The van der Waals surface area contributed by atoms with E-state index in [2.05, 4.69) is 11.8 Å². The normalized spacial score (nSPS) is 21.5. The van der Waals surface area contributed by atoms with E-state index in [0.29, 0.717) is 37.6 Å². The molecule has 2 aromatic rings. The molecule has 0 unspecified atom stereocenters. The number of carboxylic acids is 1. The number of carbonyl (C=O) groups is 2. The fraction of sp³-hybridized carbons (Fsp3) is 0.562. The average Bonchev–Trinajstić information content (AvgIpc) is 2.94. The Bertz CT molecular complexity index is 1140. The molecule has 9 nitrogen and oxygen atoms in total. The quantitative estimate of drug-likeness (QED) is 0.483. The Morgan fingerprint density at radius 1 is 1.10 bits per heavy atom. The Balaban J connectivity index is 1.87. The average molecular weight is 570 g/mol. The number of amides is 1. The van der Waals surface area contributed by atoms with Crippen molar-refractivity contribution in [3.8, 4) is 5.75 Å². The van der Waals surface area contributed by atoms with Crippen LogP contribution in [-0.4, -0.2) is 97.6 Å². The van der Waals surface area contributed by atoms with Crippen LogP contribution in [-0.2, 0) is 11.3 Å². The summed E-state index contributed by atoms with van der Waals surface area (Å²) in [5.74, 6) is -0.570. The van der Waals surface area contributed by atoms with E-state index in [1.165, 1.54) is 0 Å². The number of hydrogen-bond donors (Lipinski definition) is 2. The maximum absolute atomic E-state index is 14.1. The minimum absolute atomic E-state index is 0.0203. The molecule has 0 radical (unpaired) electrons. The number of ether oxygens (including phenoxy) is 2. The summed E-state index contributed by atoms with van der Waals surface area (Å²) in [5.41, 5.74) is 2.67. The van der Waals surface area contributed by atoms with Crippen molar-refractivity contribution in [1.82, 2.24) is 9.80 Å². The number of fused-ring (bicyclic) bond motifs is 1. The highest BCUT2D eigenvalue weighted by Gasteiger charge is 2.30. The number of carboxylic acid groups (broad SMARTS) is 1. The lowest BCUT2D eigenvalue weighted by Crippen LogP contribution is -2.47. The first-order valence-corrected chi connectivity index (χ1v) is 14.5. The van der Waals surface area contributed by atoms with Gasteiger partial charge in [0.2, 0.25) is 0 Å². The molecule has 0 spiro atoms. The molecule has 2 aromatic carbocycles. The molecule has 1 aliphatic rings. The molecule has 4 atom stereocenters. The zero-order valence-electron chi connectivity index (χ0n) is 25.4. The van der Waals surface area contributed by atoms with Gasteiger partial charge in [-0.2, -0.15) is 0 Å². The Hall–Kier alpha value is -3.14. The van der Waals surface area contributed by atoms with Crippen LogP contribution in [0.25, 0.3) is 0 Å². The third kappa shape index (κ3) is 9.18. The molecule has 0 saturated carbocycles. The maximum atomic E-state index is 14.1. The third-order valence-corrected chi connectivity index (χ3v) is 7.70. The molecule has 1 heterocycles. The fourth-order valence-corrected chi connectivity index (χ4v) is 5.09. The van der Waals surface area contributed by atoms with Crippen molar-refractivity contribution in [2.24, 2.45) is 5.92 Å². The Morgan fingerprint density at radius 3 is 2.44 bits per heavy atom. The molecule has 2 N–H and O–H groups in total. The van der Waals surface area contributed by atoms with Crippen LogP contribution < -0.4 is 9.64 Å². The van der Waals surface area contributed by atoms with Gasteiger partial charge in [-0.05, 0) is 76.1 Å². The lowest BCUT2D eigenvalue weighted by atomic mass is 10.0. The molecule has 9 heteroatoms. The summed E-state index contributed by atoms with van der Waals surface area (Å²) in [4.78, 5) is 31.2. The number of aliphatic hydroxyl groups excluding tert-OH is 1. The maximum Gasteiger partial charge on any atom is 0.335 e. The summed E-state index contributed by atoms with van der Waals surface area (Å²) < 4.78 is 12.7. The van der Waals surface area contributed by atoms with Gasteiger partial charge in [-0.25, -0.2) is 4.79 Å². The van der Waals surface area contributed by atoms with E-state index in [1.807, 2.05) is 70.2 Å². The van der Waals surface area contributed by atoms with Crippen molar-refractivity contribution in [2.45, 2.75) is 64.8 Å². The van der Waals surface area contributed by atoms with E-state index in [0.717, 1.165) is 30.5 Å². The van der Waals surface area contributed by atoms with Gasteiger partial charge in [-0.3, -0.25) is 9.69 Å². The summed E-state index contributed by atoms with van der Waals surface area (Å²) in [6.45, 7) is 8.11. The van der Waals surface area contributed by atoms with E-state index in [1.54, 1.807) is 17.0 Å². The molecule has 1 amide bonds. The van der Waals surface area contributed by atoms with E-state index in [9.17, 15) is 19.8 Å². The number of aromatic carboxylic acids is 1. The van der Waals surface area contributed by atoms with Gasteiger partial charge in [-0.1, -0.05) is 19.1 Å². The van der Waals surface area contributed by atoms with Crippen molar-refractivity contribution < 1.29 is 29.3 Å². The number of carbonyl (C=O) groups excluding carboxylic acids is 1. The molecule has 0 fully saturated rings. The van der Waals surface area contributed by atoms with Crippen molar-refractivity contribution >= 4 is 17.6 Å². The third-order valence-electron chi connectivity index (χ3n) is 7.70. The minimum Gasteiger partial charge on any atom is -0.490 e. The summed E-state index contributed by atoms with van der Waals surface area (Å²) in [7, 11) is 5.89. The summed E-state index contributed by atoms with van der Waals surface area (Å²) in [6.07, 6.45) is 2.48. The monoisotopic (exact) mass is 569 g/mol. The highest BCUT2D eigenvalue weighted by Crippen LogP contribution is 2.29. The summed E-state index contributed by atoms with van der Waals surface area (Å²) >= 11 is 0. The van der Waals surface area contributed by atoms with Crippen molar-refractivity contribution in [3.05, 3.63) is 59.2 Å². The zero-order chi connectivity index (χ0) is 30.1. The Morgan fingerprint density at radius 2 is 1.80 bits per heavy atom. The second-order valence-electron chi connectivity index (χ2n) is 11.6. The number of likely N-dealkylation sites (N-methyl/N-ethyl adjacent to an activating group) is 1. The first-order valence-electron chi connectivity index (χ1n) is 14.5. The predicted octanol–water partition coefficient (Wildman–Crippen LogP) is 4.38. The molecule has 0 aromatic heterocycles. The number of rotatable bonds is 8. The van der Waals surface area contributed by atoms with Crippen molar-refractivity contribution in [3.63, 3.8) is 0 Å². The standard InChI is InChI=1S/C32H47N3O6/c1-22-18-35(23(2)21-36)31(37)28-17-27(33(4)5)14-15-29(28)41-24(3)9-7-8-16-40-30(22)20-34(6)19-25-10-12-26(13-11-25)32(38)39/h10-15,17,22-24,30,36H,7-9,16,18-21H2,1-6H3,(H,38,39)/t22-,23-,24+,30+/m1/s1. The fourth-order valence-electron chi connectivity index (χ4n) is 5.09. The van der Waals surface area contributed by atoms with E-state index < -0.39 is 12.0 Å². The molecule has 1 aliphatic heterocycles. The molecule has 0 saturated heterocycles. The van der Waals surface area contributed by atoms with Gasteiger partial charge in [0.1, 0.15) is 5.75 Å². The van der Waals surface area contributed by atoms with E-state index in [4.69, 9.17) is 9.47 Å². The smallest absolute Gasteiger partial charge is 0.335 e. The molecular weight excluding hydrogens is 522 g/mol. The lowest BCUT2D eigenvalue weighted by Gasteiger charge is -2.36. The van der Waals surface area contributed by atoms with Crippen LogP contribution in [0.5, 0.6) is 5.75 Å². The number of benzene rings is 2. The van der Waals surface area contributed by atoms with E-state index >= 15 is 0 Å². The number of anilines is 1. The second-order valence-corrected chi connectivity index (χ2v) is 11.6. The highest BCUT2D eigenvalue weighted by atomic mass is 16.5. The minimum atomic E-state index is -0.940. The Labute approximate surface area is 244 Å². The van der Waals surface area contributed by atoms with E-state index in [-0.39, 0.29) is 36.2 Å². The van der Waals surface area contributed by atoms with Crippen LogP contribution in [0.15, 0.2) is 42.5 Å². The van der Waals surface area contributed by atoms with Gasteiger partial charge in [0.05, 0.1) is 36.0 Å². The zero-order valence-corrected chi connectivity index (χ0v) is 25.4. The summed E-state index contributed by atoms with van der Waals surface area (Å²) in [6, 6.07) is 12.2. The number of aliphatic hydroxyl groups is 1. The van der Waals surface area contributed by atoms with Gasteiger partial charge in [0.15, 0.2) is 0 Å². The van der Waals surface area contributed by atoms with Crippen LogP contribution in [0.1, 0.15) is 66.3 Å². The number of hydrogen-bond acceptors (Lipinski definition) is 7. The largest absolute Gasteiger partial charge is 0.490 e. The van der Waals surface area contributed by atoms with Crippen molar-refractivity contribution in [1.29, 1.82) is 0 Å². The van der Waals surface area contributed by atoms with Crippen LogP contribution in [0.3, 0.4) is 0 Å². The van der Waals surface area contributed by atoms with Gasteiger partial charge >= 0.3 is 5.97 Å². The van der Waals surface area contributed by atoms with Gasteiger partial charge in [-0.15, -0.1) is 0 Å². The second kappa shape index (κ2) is 15.2. The molecular formula is C32H47N3O6. The predicted molar refractivity (Wildman–Crippen MR) is 161 cm³/mol.